The monoisotopic (exact) mass is 330 g/mol. The molecule has 1 unspecified atom stereocenters. The number of likely N-dealkylation sites (tertiary alicyclic amines) is 1. The van der Waals surface area contributed by atoms with Crippen LogP contribution in [0.25, 0.3) is 0 Å². The minimum atomic E-state index is 0.229. The van der Waals surface area contributed by atoms with Crippen molar-refractivity contribution < 1.29 is 4.79 Å². The van der Waals surface area contributed by atoms with Crippen molar-refractivity contribution in [2.75, 3.05) is 31.5 Å². The number of aromatic nitrogens is 1. The van der Waals surface area contributed by atoms with Gasteiger partial charge in [0.25, 0.3) is 0 Å². The molecule has 0 aromatic carbocycles. The molecule has 2 aliphatic rings. The molecule has 1 aromatic rings. The van der Waals surface area contributed by atoms with Crippen molar-refractivity contribution >= 4 is 11.7 Å². The summed E-state index contributed by atoms with van der Waals surface area (Å²) < 4.78 is 0. The highest BCUT2D eigenvalue weighted by atomic mass is 16.1. The lowest BCUT2D eigenvalue weighted by Gasteiger charge is -2.17. The van der Waals surface area contributed by atoms with Gasteiger partial charge in [-0.15, -0.1) is 0 Å². The molecule has 2 N–H and O–H groups in total. The van der Waals surface area contributed by atoms with E-state index in [2.05, 4.69) is 33.5 Å². The first-order chi connectivity index (χ1) is 11.7. The molecule has 132 valence electrons. The molecule has 1 amide bonds. The third-order valence-electron chi connectivity index (χ3n) is 5.23. The normalized spacial score (nSPS) is 22.0. The second kappa shape index (κ2) is 8.47. The molecule has 3 rings (SSSR count). The van der Waals surface area contributed by atoms with Crippen molar-refractivity contribution in [3.63, 3.8) is 0 Å². The number of hydrogen-bond acceptors (Lipinski definition) is 4. The number of carbonyl (C=O) groups is 1. The van der Waals surface area contributed by atoms with E-state index in [0.717, 1.165) is 44.8 Å². The molecule has 24 heavy (non-hydrogen) atoms. The fourth-order valence-electron chi connectivity index (χ4n) is 3.79. The fraction of sp³-hybridized carbons (Fsp3) is 0.684. The topological polar surface area (TPSA) is 57.3 Å². The van der Waals surface area contributed by atoms with E-state index in [1.54, 1.807) is 0 Å². The van der Waals surface area contributed by atoms with Crippen LogP contribution in [0.2, 0.25) is 0 Å². The Hall–Kier alpha value is -1.62. The molecule has 1 aromatic heterocycles. The Morgan fingerprint density at radius 2 is 2.17 bits per heavy atom. The van der Waals surface area contributed by atoms with Gasteiger partial charge in [-0.25, -0.2) is 4.98 Å². The lowest BCUT2D eigenvalue weighted by molar-refractivity contribution is -0.122. The summed E-state index contributed by atoms with van der Waals surface area (Å²) in [5, 5.41) is 6.62. The van der Waals surface area contributed by atoms with Gasteiger partial charge in [0, 0.05) is 38.3 Å². The van der Waals surface area contributed by atoms with Gasteiger partial charge in [0.1, 0.15) is 5.82 Å². The molecular formula is C19H30N4O. The van der Waals surface area contributed by atoms with Gasteiger partial charge in [0.2, 0.25) is 5.91 Å². The van der Waals surface area contributed by atoms with Crippen molar-refractivity contribution in [2.45, 2.75) is 51.5 Å². The molecule has 1 saturated carbocycles. The standard InChI is InChI=1S/C19H30N4O/c1-15-6-9-20-18(12-15)21-13-16-7-10-23(14-16)11-8-19(24)22-17-4-2-3-5-17/h6,9,12,16-17H,2-5,7-8,10-11,13-14H2,1H3,(H,20,21)(H,22,24). The molecule has 1 saturated heterocycles. The van der Waals surface area contributed by atoms with Crippen molar-refractivity contribution in [3.05, 3.63) is 23.9 Å². The van der Waals surface area contributed by atoms with Crippen molar-refractivity contribution in [2.24, 2.45) is 5.92 Å². The van der Waals surface area contributed by atoms with Crippen LogP contribution < -0.4 is 10.6 Å². The molecule has 5 nitrogen and oxygen atoms in total. The van der Waals surface area contributed by atoms with Crippen LogP contribution in [0.1, 0.15) is 44.1 Å². The van der Waals surface area contributed by atoms with E-state index in [1.165, 1.54) is 24.8 Å². The van der Waals surface area contributed by atoms with E-state index in [-0.39, 0.29) is 5.91 Å². The van der Waals surface area contributed by atoms with Crippen LogP contribution in [0, 0.1) is 12.8 Å². The maximum Gasteiger partial charge on any atom is 0.221 e. The number of rotatable bonds is 7. The highest BCUT2D eigenvalue weighted by molar-refractivity contribution is 5.76. The highest BCUT2D eigenvalue weighted by Gasteiger charge is 2.23. The molecule has 2 fully saturated rings. The minimum Gasteiger partial charge on any atom is -0.370 e. The molecule has 0 spiro atoms. The number of amides is 1. The molecule has 1 aliphatic carbocycles. The Morgan fingerprint density at radius 1 is 1.33 bits per heavy atom. The number of nitrogens with zero attached hydrogens (tertiary/aromatic N) is 2. The quantitative estimate of drug-likeness (QED) is 0.807. The molecule has 2 heterocycles. The summed E-state index contributed by atoms with van der Waals surface area (Å²) in [5.74, 6) is 1.84. The maximum absolute atomic E-state index is 12.0. The highest BCUT2D eigenvalue weighted by Crippen LogP contribution is 2.19. The van der Waals surface area contributed by atoms with Crippen LogP contribution in [0.3, 0.4) is 0 Å². The first-order valence-corrected chi connectivity index (χ1v) is 9.37. The molecular weight excluding hydrogens is 300 g/mol. The second-order valence-corrected chi connectivity index (χ2v) is 7.35. The fourth-order valence-corrected chi connectivity index (χ4v) is 3.79. The Kier molecular flexibility index (Phi) is 6.07. The number of pyridine rings is 1. The summed E-state index contributed by atoms with van der Waals surface area (Å²) in [7, 11) is 0. The lowest BCUT2D eigenvalue weighted by Crippen LogP contribution is -2.35. The summed E-state index contributed by atoms with van der Waals surface area (Å²) in [6.07, 6.45) is 8.54. The average Bonchev–Trinajstić information content (AvgIpc) is 3.23. The zero-order valence-corrected chi connectivity index (χ0v) is 14.8. The van der Waals surface area contributed by atoms with Crippen molar-refractivity contribution in [3.8, 4) is 0 Å². The Morgan fingerprint density at radius 3 is 2.96 bits per heavy atom. The van der Waals surface area contributed by atoms with Gasteiger partial charge in [-0.2, -0.15) is 0 Å². The Bertz CT molecular complexity index is 542. The van der Waals surface area contributed by atoms with Gasteiger partial charge in [0.05, 0.1) is 0 Å². The van der Waals surface area contributed by atoms with E-state index >= 15 is 0 Å². The zero-order valence-electron chi connectivity index (χ0n) is 14.8. The van der Waals surface area contributed by atoms with Crippen molar-refractivity contribution in [1.29, 1.82) is 0 Å². The van der Waals surface area contributed by atoms with Crippen LogP contribution in [-0.2, 0) is 4.79 Å². The maximum atomic E-state index is 12.0. The number of hydrogen-bond donors (Lipinski definition) is 2. The van der Waals surface area contributed by atoms with E-state index < -0.39 is 0 Å². The average molecular weight is 330 g/mol. The van der Waals surface area contributed by atoms with Gasteiger partial charge in [-0.1, -0.05) is 12.8 Å². The van der Waals surface area contributed by atoms with Crippen LogP contribution in [0.4, 0.5) is 5.82 Å². The SMILES string of the molecule is Cc1ccnc(NCC2CCN(CCC(=O)NC3CCCC3)C2)c1. The number of carbonyl (C=O) groups excluding carboxylic acids is 1. The third kappa shape index (κ3) is 5.20. The zero-order chi connectivity index (χ0) is 16.8. The molecule has 1 atom stereocenters. The summed E-state index contributed by atoms with van der Waals surface area (Å²) in [6, 6.07) is 4.54. The molecule has 0 bridgehead atoms. The number of anilines is 1. The molecule has 5 heteroatoms. The Labute approximate surface area is 145 Å². The van der Waals surface area contributed by atoms with Crippen LogP contribution in [0.5, 0.6) is 0 Å². The number of nitrogens with one attached hydrogen (secondary N) is 2. The van der Waals surface area contributed by atoms with E-state index in [4.69, 9.17) is 0 Å². The first-order valence-electron chi connectivity index (χ1n) is 9.37. The number of aryl methyl sites for hydroxylation is 1. The van der Waals surface area contributed by atoms with E-state index in [9.17, 15) is 4.79 Å². The predicted octanol–water partition coefficient (Wildman–Crippen LogP) is 2.57. The summed E-state index contributed by atoms with van der Waals surface area (Å²) in [4.78, 5) is 18.8. The predicted molar refractivity (Wildman–Crippen MR) is 97.0 cm³/mol. The summed E-state index contributed by atoms with van der Waals surface area (Å²) in [5.41, 5.74) is 1.23. The minimum absolute atomic E-state index is 0.229. The van der Waals surface area contributed by atoms with Crippen LogP contribution >= 0.6 is 0 Å². The molecule has 1 aliphatic heterocycles. The van der Waals surface area contributed by atoms with Crippen LogP contribution in [0.15, 0.2) is 18.3 Å². The van der Waals surface area contributed by atoms with Gasteiger partial charge < -0.3 is 15.5 Å². The third-order valence-corrected chi connectivity index (χ3v) is 5.23. The Balaban J connectivity index is 1.32. The molecule has 0 radical (unpaired) electrons. The van der Waals surface area contributed by atoms with Crippen molar-refractivity contribution in [1.82, 2.24) is 15.2 Å². The first kappa shape index (κ1) is 17.2. The summed E-state index contributed by atoms with van der Waals surface area (Å²) in [6.45, 7) is 6.11. The van der Waals surface area contributed by atoms with Gasteiger partial charge in [-0.05, 0) is 56.3 Å². The van der Waals surface area contributed by atoms with Crippen LogP contribution in [-0.4, -0.2) is 48.0 Å². The lowest BCUT2D eigenvalue weighted by atomic mass is 10.1. The smallest absolute Gasteiger partial charge is 0.221 e. The van der Waals surface area contributed by atoms with Gasteiger partial charge in [0.15, 0.2) is 0 Å². The van der Waals surface area contributed by atoms with Gasteiger partial charge in [-0.3, -0.25) is 4.79 Å². The largest absolute Gasteiger partial charge is 0.370 e. The van der Waals surface area contributed by atoms with Gasteiger partial charge >= 0.3 is 0 Å². The second-order valence-electron chi connectivity index (χ2n) is 7.35. The van der Waals surface area contributed by atoms with E-state index in [0.29, 0.717) is 18.4 Å². The summed E-state index contributed by atoms with van der Waals surface area (Å²) >= 11 is 0. The van der Waals surface area contributed by atoms with E-state index in [1.807, 2.05) is 12.3 Å².